The fraction of sp³-hybridized carbons (Fsp3) is 0.625. The molecule has 1 rings (SSSR count). The quantitative estimate of drug-likeness (QED) is 0.803. The molecule has 2 N–H and O–H groups in total. The molecule has 0 aliphatic rings. The first-order valence-corrected chi connectivity index (χ1v) is 7.97. The molecule has 0 aliphatic heterocycles. The SMILES string of the molecule is CCNC(CO)(CCSC(C)(C)C)c1ccccc1. The predicted octanol–water partition coefficient (Wildman–Crippen LogP) is 3.41. The molecule has 0 saturated heterocycles. The van der Waals surface area contributed by atoms with Gasteiger partial charge in [-0.2, -0.15) is 11.8 Å². The summed E-state index contributed by atoms with van der Waals surface area (Å²) >= 11 is 1.95. The highest BCUT2D eigenvalue weighted by atomic mass is 32.2. The van der Waals surface area contributed by atoms with E-state index < -0.39 is 0 Å². The van der Waals surface area contributed by atoms with Crippen LogP contribution in [-0.2, 0) is 5.54 Å². The molecule has 0 fully saturated rings. The van der Waals surface area contributed by atoms with Crippen LogP contribution in [0.1, 0.15) is 39.7 Å². The maximum absolute atomic E-state index is 9.92. The zero-order valence-corrected chi connectivity index (χ0v) is 13.4. The highest BCUT2D eigenvalue weighted by Gasteiger charge is 2.30. The molecule has 0 spiro atoms. The van der Waals surface area contributed by atoms with Crippen LogP contribution in [-0.4, -0.2) is 28.8 Å². The topological polar surface area (TPSA) is 32.3 Å². The molecule has 1 unspecified atom stereocenters. The van der Waals surface area contributed by atoms with Crippen molar-refractivity contribution < 1.29 is 5.11 Å². The fourth-order valence-electron chi connectivity index (χ4n) is 2.19. The van der Waals surface area contributed by atoms with E-state index in [1.165, 1.54) is 5.56 Å². The van der Waals surface area contributed by atoms with Crippen LogP contribution in [0.5, 0.6) is 0 Å². The Morgan fingerprint density at radius 3 is 2.26 bits per heavy atom. The summed E-state index contributed by atoms with van der Waals surface area (Å²) in [7, 11) is 0. The third-order valence-electron chi connectivity index (χ3n) is 3.18. The first-order chi connectivity index (χ1) is 8.93. The minimum Gasteiger partial charge on any atom is -0.394 e. The number of aliphatic hydroxyl groups is 1. The van der Waals surface area contributed by atoms with E-state index >= 15 is 0 Å². The van der Waals surface area contributed by atoms with Crippen molar-refractivity contribution in [3.63, 3.8) is 0 Å². The Balaban J connectivity index is 2.81. The van der Waals surface area contributed by atoms with E-state index in [0.717, 1.165) is 18.7 Å². The van der Waals surface area contributed by atoms with Gasteiger partial charge < -0.3 is 10.4 Å². The Morgan fingerprint density at radius 1 is 1.16 bits per heavy atom. The maximum atomic E-state index is 9.92. The van der Waals surface area contributed by atoms with Crippen LogP contribution >= 0.6 is 11.8 Å². The summed E-state index contributed by atoms with van der Waals surface area (Å²) < 4.78 is 0.268. The van der Waals surface area contributed by atoms with Gasteiger partial charge in [-0.25, -0.2) is 0 Å². The van der Waals surface area contributed by atoms with Gasteiger partial charge in [0.2, 0.25) is 0 Å². The van der Waals surface area contributed by atoms with Crippen molar-refractivity contribution in [1.82, 2.24) is 5.32 Å². The van der Waals surface area contributed by atoms with Crippen molar-refractivity contribution in [3.8, 4) is 0 Å². The number of nitrogens with one attached hydrogen (secondary N) is 1. The summed E-state index contributed by atoms with van der Waals surface area (Å²) in [6.45, 7) is 9.77. The van der Waals surface area contributed by atoms with Crippen LogP contribution in [0.2, 0.25) is 0 Å². The minimum atomic E-state index is -0.311. The summed E-state index contributed by atoms with van der Waals surface area (Å²) in [5.41, 5.74) is 0.864. The molecule has 3 heteroatoms. The van der Waals surface area contributed by atoms with Gasteiger partial charge in [0, 0.05) is 4.75 Å². The van der Waals surface area contributed by atoms with Crippen molar-refractivity contribution in [1.29, 1.82) is 0 Å². The number of benzene rings is 1. The molecule has 0 heterocycles. The third kappa shape index (κ3) is 5.17. The van der Waals surface area contributed by atoms with E-state index in [-0.39, 0.29) is 16.9 Å². The van der Waals surface area contributed by atoms with Gasteiger partial charge in [0.15, 0.2) is 0 Å². The lowest BCUT2D eigenvalue weighted by Gasteiger charge is -2.34. The zero-order chi connectivity index (χ0) is 14.4. The fourth-order valence-corrected chi connectivity index (χ4v) is 3.25. The molecule has 2 nitrogen and oxygen atoms in total. The molecule has 1 atom stereocenters. The Hall–Kier alpha value is -0.510. The molecule has 0 radical (unpaired) electrons. The van der Waals surface area contributed by atoms with E-state index in [1.807, 2.05) is 30.0 Å². The van der Waals surface area contributed by atoms with Gasteiger partial charge in [-0.3, -0.25) is 0 Å². The zero-order valence-electron chi connectivity index (χ0n) is 12.6. The molecule has 0 aromatic heterocycles. The average molecular weight is 281 g/mol. The number of hydrogen-bond acceptors (Lipinski definition) is 3. The van der Waals surface area contributed by atoms with Crippen molar-refractivity contribution in [2.75, 3.05) is 18.9 Å². The Labute approximate surface area is 122 Å². The normalized spacial score (nSPS) is 15.2. The molecular weight excluding hydrogens is 254 g/mol. The number of aliphatic hydroxyl groups excluding tert-OH is 1. The van der Waals surface area contributed by atoms with Crippen molar-refractivity contribution >= 4 is 11.8 Å². The van der Waals surface area contributed by atoms with E-state index in [2.05, 4.69) is 45.1 Å². The first-order valence-electron chi connectivity index (χ1n) is 6.99. The molecule has 0 bridgehead atoms. The molecule has 108 valence electrons. The number of rotatable bonds is 7. The summed E-state index contributed by atoms with van der Waals surface area (Å²) in [4.78, 5) is 0. The summed E-state index contributed by atoms with van der Waals surface area (Å²) in [5, 5.41) is 13.4. The monoisotopic (exact) mass is 281 g/mol. The van der Waals surface area contributed by atoms with Crippen molar-refractivity contribution in [2.24, 2.45) is 0 Å². The van der Waals surface area contributed by atoms with Crippen molar-refractivity contribution in [2.45, 2.75) is 44.4 Å². The molecule has 0 saturated carbocycles. The number of likely N-dealkylation sites (N-methyl/N-ethyl adjacent to an activating group) is 1. The lowest BCUT2D eigenvalue weighted by molar-refractivity contribution is 0.158. The Kier molecular flexibility index (Phi) is 6.37. The second-order valence-corrected chi connectivity index (χ2v) is 7.77. The maximum Gasteiger partial charge on any atom is 0.0676 e. The van der Waals surface area contributed by atoms with Gasteiger partial charge in [-0.15, -0.1) is 0 Å². The largest absolute Gasteiger partial charge is 0.394 e. The smallest absolute Gasteiger partial charge is 0.0676 e. The summed E-state index contributed by atoms with van der Waals surface area (Å²) in [6, 6.07) is 10.3. The van der Waals surface area contributed by atoms with Crippen LogP contribution in [0.3, 0.4) is 0 Å². The van der Waals surface area contributed by atoms with Gasteiger partial charge >= 0.3 is 0 Å². The van der Waals surface area contributed by atoms with Gasteiger partial charge in [0.1, 0.15) is 0 Å². The molecule has 0 amide bonds. The van der Waals surface area contributed by atoms with Gasteiger partial charge in [0.25, 0.3) is 0 Å². The van der Waals surface area contributed by atoms with Crippen LogP contribution in [0.4, 0.5) is 0 Å². The summed E-state index contributed by atoms with van der Waals surface area (Å²) in [5.74, 6) is 1.03. The summed E-state index contributed by atoms with van der Waals surface area (Å²) in [6.07, 6.45) is 0.934. The van der Waals surface area contributed by atoms with Gasteiger partial charge in [0.05, 0.1) is 12.1 Å². The minimum absolute atomic E-state index is 0.134. The third-order valence-corrected chi connectivity index (χ3v) is 4.45. The molecular formula is C16H27NOS. The lowest BCUT2D eigenvalue weighted by Crippen LogP contribution is -2.46. The molecule has 19 heavy (non-hydrogen) atoms. The van der Waals surface area contributed by atoms with E-state index in [4.69, 9.17) is 0 Å². The molecule has 0 aliphatic carbocycles. The van der Waals surface area contributed by atoms with E-state index in [9.17, 15) is 5.11 Å². The van der Waals surface area contributed by atoms with E-state index in [1.54, 1.807) is 0 Å². The molecule has 1 aromatic carbocycles. The second-order valence-electron chi connectivity index (χ2n) is 5.85. The Bertz CT molecular complexity index is 361. The Morgan fingerprint density at radius 2 is 1.79 bits per heavy atom. The van der Waals surface area contributed by atoms with Crippen LogP contribution in [0.15, 0.2) is 30.3 Å². The first kappa shape index (κ1) is 16.5. The van der Waals surface area contributed by atoms with Gasteiger partial charge in [-0.1, -0.05) is 58.0 Å². The average Bonchev–Trinajstić information content (AvgIpc) is 2.37. The van der Waals surface area contributed by atoms with Gasteiger partial charge in [-0.05, 0) is 24.3 Å². The standard InChI is InChI=1S/C16H27NOS/c1-5-17-16(13-18,11-12-19-15(2,3)4)14-9-7-6-8-10-14/h6-10,17-18H,5,11-13H2,1-4H3. The van der Waals surface area contributed by atoms with Crippen LogP contribution < -0.4 is 5.32 Å². The van der Waals surface area contributed by atoms with Crippen LogP contribution in [0.25, 0.3) is 0 Å². The highest BCUT2D eigenvalue weighted by Crippen LogP contribution is 2.30. The molecule has 1 aromatic rings. The number of hydrogen-bond donors (Lipinski definition) is 2. The second kappa shape index (κ2) is 7.32. The van der Waals surface area contributed by atoms with Crippen LogP contribution in [0, 0.1) is 0 Å². The predicted molar refractivity (Wildman–Crippen MR) is 85.7 cm³/mol. The number of thioether (sulfide) groups is 1. The lowest BCUT2D eigenvalue weighted by atomic mass is 9.88. The highest BCUT2D eigenvalue weighted by molar-refractivity contribution is 8.00. The van der Waals surface area contributed by atoms with E-state index in [0.29, 0.717) is 0 Å². The van der Waals surface area contributed by atoms with Crippen molar-refractivity contribution in [3.05, 3.63) is 35.9 Å².